The number of nitro groups is 1. The van der Waals surface area contributed by atoms with E-state index in [-0.39, 0.29) is 53.7 Å². The molecule has 0 radical (unpaired) electrons. The van der Waals surface area contributed by atoms with E-state index in [1.807, 2.05) is 0 Å². The van der Waals surface area contributed by atoms with Gasteiger partial charge in [0.25, 0.3) is 11.6 Å². The maximum Gasteiger partial charge on any atom is 0.293 e. The highest BCUT2D eigenvalue weighted by molar-refractivity contribution is 6.06. The van der Waals surface area contributed by atoms with Gasteiger partial charge in [-0.05, 0) is 49.4 Å². The van der Waals surface area contributed by atoms with Gasteiger partial charge in [-0.1, -0.05) is 19.1 Å². The SMILES string of the molecule is COc1ccccc1NC(=O)c1ccc(NCCN2C(=O)[C@H]3C[C@@H](C)CC[C@H]3C2=O)c([N+](=O)[O-])c1. The fourth-order valence-corrected chi connectivity index (χ4v) is 4.90. The lowest BCUT2D eigenvalue weighted by atomic mass is 9.76. The lowest BCUT2D eigenvalue weighted by molar-refractivity contribution is -0.384. The quantitative estimate of drug-likeness (QED) is 0.335. The first-order valence-electron chi connectivity index (χ1n) is 11.6. The fourth-order valence-electron chi connectivity index (χ4n) is 4.90. The zero-order valence-corrected chi connectivity index (χ0v) is 19.7. The number of carbonyl (C=O) groups is 3. The van der Waals surface area contributed by atoms with E-state index in [0.717, 1.165) is 19.3 Å². The molecule has 1 saturated carbocycles. The largest absolute Gasteiger partial charge is 0.495 e. The van der Waals surface area contributed by atoms with Crippen molar-refractivity contribution in [1.29, 1.82) is 0 Å². The molecule has 0 aromatic heterocycles. The zero-order valence-electron chi connectivity index (χ0n) is 19.7. The molecule has 1 aliphatic heterocycles. The Kier molecular flexibility index (Phi) is 6.99. The molecule has 35 heavy (non-hydrogen) atoms. The standard InChI is InChI=1S/C25H28N4O6/c1-15-7-9-17-18(13-15)25(32)28(24(17)31)12-11-26-19-10-8-16(14-21(19)29(33)34)23(30)27-20-5-3-4-6-22(20)35-2/h3-6,8,10,14-15,17-18,26H,7,9,11-13H2,1-2H3,(H,27,30)/t15-,17+,18-/m0/s1. The third-order valence-corrected chi connectivity index (χ3v) is 6.74. The summed E-state index contributed by atoms with van der Waals surface area (Å²) in [5.74, 6) is -0.413. The number of benzene rings is 2. The van der Waals surface area contributed by atoms with Gasteiger partial charge in [-0.3, -0.25) is 29.4 Å². The van der Waals surface area contributed by atoms with E-state index in [1.165, 1.54) is 30.2 Å². The number of methoxy groups -OCH3 is 1. The average Bonchev–Trinajstić information content (AvgIpc) is 3.08. The third kappa shape index (κ3) is 4.96. The molecule has 2 aromatic carbocycles. The van der Waals surface area contributed by atoms with E-state index in [4.69, 9.17) is 4.74 Å². The first-order valence-corrected chi connectivity index (χ1v) is 11.6. The molecule has 184 valence electrons. The number of hydrogen-bond acceptors (Lipinski definition) is 7. The highest BCUT2D eigenvalue weighted by Crippen LogP contribution is 2.40. The van der Waals surface area contributed by atoms with Crippen LogP contribution in [0.3, 0.4) is 0 Å². The summed E-state index contributed by atoms with van der Waals surface area (Å²) in [5, 5.41) is 17.3. The normalized spacial score (nSPS) is 21.4. The lowest BCUT2D eigenvalue weighted by Crippen LogP contribution is -2.35. The highest BCUT2D eigenvalue weighted by atomic mass is 16.6. The third-order valence-electron chi connectivity index (χ3n) is 6.74. The number of carbonyl (C=O) groups excluding carboxylic acids is 3. The molecular formula is C25H28N4O6. The van der Waals surface area contributed by atoms with Crippen LogP contribution in [0.2, 0.25) is 0 Å². The zero-order chi connectivity index (χ0) is 25.1. The molecule has 1 saturated heterocycles. The van der Waals surface area contributed by atoms with Gasteiger partial charge in [-0.25, -0.2) is 0 Å². The van der Waals surface area contributed by atoms with Crippen LogP contribution in [-0.4, -0.2) is 47.7 Å². The number of anilines is 2. The summed E-state index contributed by atoms with van der Waals surface area (Å²) in [7, 11) is 1.48. The number of nitrogens with zero attached hydrogens (tertiary/aromatic N) is 2. The van der Waals surface area contributed by atoms with Crippen molar-refractivity contribution in [1.82, 2.24) is 4.90 Å². The van der Waals surface area contributed by atoms with Crippen LogP contribution >= 0.6 is 0 Å². The summed E-state index contributed by atoms with van der Waals surface area (Å²) in [4.78, 5) is 50.5. The average molecular weight is 481 g/mol. The van der Waals surface area contributed by atoms with Gasteiger partial charge < -0.3 is 15.4 Å². The second kappa shape index (κ2) is 10.1. The Morgan fingerprint density at radius 3 is 2.60 bits per heavy atom. The van der Waals surface area contributed by atoms with E-state index in [9.17, 15) is 24.5 Å². The predicted octanol–water partition coefficient (Wildman–Crippen LogP) is 3.69. The number of likely N-dealkylation sites (tertiary alicyclic amines) is 1. The maximum atomic E-state index is 12.7. The summed E-state index contributed by atoms with van der Waals surface area (Å²) < 4.78 is 5.22. The number of rotatable bonds is 8. The molecule has 1 heterocycles. The van der Waals surface area contributed by atoms with Gasteiger partial charge in [0.05, 0.1) is 29.6 Å². The fraction of sp³-hybridized carbons (Fsp3) is 0.400. The lowest BCUT2D eigenvalue weighted by Gasteiger charge is -2.25. The molecule has 3 atom stereocenters. The van der Waals surface area contributed by atoms with Crippen LogP contribution in [0.15, 0.2) is 42.5 Å². The molecule has 0 spiro atoms. The van der Waals surface area contributed by atoms with Crippen molar-refractivity contribution in [2.24, 2.45) is 17.8 Å². The topological polar surface area (TPSA) is 131 Å². The van der Waals surface area contributed by atoms with E-state index < -0.39 is 10.8 Å². The van der Waals surface area contributed by atoms with Crippen molar-refractivity contribution in [2.75, 3.05) is 30.8 Å². The van der Waals surface area contributed by atoms with Gasteiger partial charge in [0, 0.05) is 24.7 Å². The Hall–Kier alpha value is -3.95. The monoisotopic (exact) mass is 480 g/mol. The van der Waals surface area contributed by atoms with Gasteiger partial charge in [0.15, 0.2) is 0 Å². The molecule has 2 aliphatic rings. The van der Waals surface area contributed by atoms with Crippen LogP contribution in [0.4, 0.5) is 17.1 Å². The summed E-state index contributed by atoms with van der Waals surface area (Å²) in [6, 6.07) is 11.0. The Balaban J connectivity index is 1.42. The minimum absolute atomic E-state index is 0.108. The van der Waals surface area contributed by atoms with Crippen molar-refractivity contribution in [3.63, 3.8) is 0 Å². The van der Waals surface area contributed by atoms with E-state index in [0.29, 0.717) is 17.4 Å². The first kappa shape index (κ1) is 24.2. The number of para-hydroxylation sites is 2. The summed E-state index contributed by atoms with van der Waals surface area (Å²) in [6.07, 6.45) is 2.39. The molecule has 2 N–H and O–H groups in total. The van der Waals surface area contributed by atoms with Gasteiger partial charge in [-0.2, -0.15) is 0 Å². The molecule has 10 nitrogen and oxygen atoms in total. The molecule has 0 bridgehead atoms. The van der Waals surface area contributed by atoms with Crippen molar-refractivity contribution in [3.8, 4) is 5.75 Å². The molecule has 10 heteroatoms. The number of amides is 3. The second-order valence-corrected chi connectivity index (χ2v) is 9.03. The number of imide groups is 1. The number of nitrogens with one attached hydrogen (secondary N) is 2. The van der Waals surface area contributed by atoms with Crippen molar-refractivity contribution in [2.45, 2.75) is 26.2 Å². The smallest absolute Gasteiger partial charge is 0.293 e. The van der Waals surface area contributed by atoms with Crippen LogP contribution in [0.5, 0.6) is 5.75 Å². The molecule has 3 amide bonds. The van der Waals surface area contributed by atoms with Crippen LogP contribution in [0, 0.1) is 27.9 Å². The van der Waals surface area contributed by atoms with Crippen LogP contribution in [-0.2, 0) is 9.59 Å². The molecular weight excluding hydrogens is 452 g/mol. The second-order valence-electron chi connectivity index (χ2n) is 9.03. The molecule has 2 fully saturated rings. The van der Waals surface area contributed by atoms with E-state index >= 15 is 0 Å². The number of hydrogen-bond donors (Lipinski definition) is 2. The van der Waals surface area contributed by atoms with Crippen molar-refractivity contribution >= 4 is 34.8 Å². The van der Waals surface area contributed by atoms with Crippen molar-refractivity contribution < 1.29 is 24.0 Å². The number of nitro benzene ring substituents is 1. The van der Waals surface area contributed by atoms with Gasteiger partial charge in [-0.15, -0.1) is 0 Å². The summed E-state index contributed by atoms with van der Waals surface area (Å²) in [5.41, 5.74) is 0.476. The molecule has 2 aromatic rings. The number of ether oxygens (including phenoxy) is 1. The van der Waals surface area contributed by atoms with Gasteiger partial charge in [0.1, 0.15) is 11.4 Å². The number of fused-ring (bicyclic) bond motifs is 1. The predicted molar refractivity (Wildman–Crippen MR) is 129 cm³/mol. The highest BCUT2D eigenvalue weighted by Gasteiger charge is 2.49. The van der Waals surface area contributed by atoms with Crippen molar-refractivity contribution in [3.05, 3.63) is 58.1 Å². The Bertz CT molecular complexity index is 1170. The maximum absolute atomic E-state index is 12.7. The van der Waals surface area contributed by atoms with Crippen LogP contribution in [0.25, 0.3) is 0 Å². The Morgan fingerprint density at radius 1 is 1.11 bits per heavy atom. The first-order chi connectivity index (χ1) is 16.8. The van der Waals surface area contributed by atoms with Crippen LogP contribution in [0.1, 0.15) is 36.5 Å². The molecule has 4 rings (SSSR count). The molecule has 1 aliphatic carbocycles. The van der Waals surface area contributed by atoms with Gasteiger partial charge in [0.2, 0.25) is 11.8 Å². The minimum atomic E-state index is -0.579. The van der Waals surface area contributed by atoms with Gasteiger partial charge >= 0.3 is 0 Å². The Labute approximate surface area is 202 Å². The van der Waals surface area contributed by atoms with Crippen LogP contribution < -0.4 is 15.4 Å². The van der Waals surface area contributed by atoms with E-state index in [2.05, 4.69) is 17.6 Å². The van der Waals surface area contributed by atoms with E-state index in [1.54, 1.807) is 24.3 Å². The Morgan fingerprint density at radius 2 is 1.86 bits per heavy atom. The summed E-state index contributed by atoms with van der Waals surface area (Å²) in [6.45, 7) is 2.39. The molecule has 0 unspecified atom stereocenters. The summed E-state index contributed by atoms with van der Waals surface area (Å²) >= 11 is 0. The minimum Gasteiger partial charge on any atom is -0.495 e.